The molecule has 240 valence electrons. The van der Waals surface area contributed by atoms with Crippen LogP contribution in [-0.4, -0.2) is 84.9 Å². The zero-order valence-electron chi connectivity index (χ0n) is 25.0. The van der Waals surface area contributed by atoms with Gasteiger partial charge in [-0.3, -0.25) is 4.79 Å². The maximum Gasteiger partial charge on any atom is 0.405 e. The van der Waals surface area contributed by atoms with E-state index in [1.165, 1.54) is 7.11 Å². The first kappa shape index (κ1) is 32.5. The highest BCUT2D eigenvalue weighted by Crippen LogP contribution is 2.33. The monoisotopic (exact) mass is 647 g/mol. The fraction of sp³-hybridized carbons (Fsp3) is 0.581. The van der Waals surface area contributed by atoms with Crippen molar-refractivity contribution in [3.05, 3.63) is 58.7 Å². The van der Waals surface area contributed by atoms with Gasteiger partial charge in [0.05, 0.1) is 12.9 Å². The molecule has 0 spiro atoms. The minimum atomic E-state index is -3.28. The number of carbonyl (C=O) groups excluding carboxylic acids is 1. The van der Waals surface area contributed by atoms with Crippen LogP contribution in [0.3, 0.4) is 0 Å². The second-order valence-corrected chi connectivity index (χ2v) is 14.6. The largest absolute Gasteiger partial charge is 0.481 e. The number of halogens is 1. The number of sulfonamides is 1. The van der Waals surface area contributed by atoms with Crippen LogP contribution in [-0.2, 0) is 14.8 Å². The third kappa shape index (κ3) is 7.82. The second kappa shape index (κ2) is 14.4. The fourth-order valence-electron chi connectivity index (χ4n) is 7.04. The van der Waals surface area contributed by atoms with E-state index in [0.29, 0.717) is 48.0 Å². The molecule has 2 aliphatic heterocycles. The molecule has 4 N–H and O–H groups in total. The maximum absolute atomic E-state index is 14.0. The molecule has 3 heterocycles. The van der Waals surface area contributed by atoms with Crippen LogP contribution in [0.4, 0.5) is 4.79 Å². The van der Waals surface area contributed by atoms with Gasteiger partial charge in [0, 0.05) is 54.4 Å². The van der Waals surface area contributed by atoms with Crippen molar-refractivity contribution in [2.24, 2.45) is 5.92 Å². The van der Waals surface area contributed by atoms with E-state index in [1.807, 2.05) is 0 Å². The predicted octanol–water partition coefficient (Wildman–Crippen LogP) is 3.73. The lowest BCUT2D eigenvalue weighted by molar-refractivity contribution is -0.124. The summed E-state index contributed by atoms with van der Waals surface area (Å²) in [5.74, 6) is -0.351. The summed E-state index contributed by atoms with van der Waals surface area (Å²) in [4.78, 5) is 30.4. The Morgan fingerprint density at radius 3 is 2.55 bits per heavy atom. The van der Waals surface area contributed by atoms with Crippen LogP contribution in [0.5, 0.6) is 5.88 Å². The molecule has 3 fully saturated rings. The zero-order valence-corrected chi connectivity index (χ0v) is 26.5. The predicted molar refractivity (Wildman–Crippen MR) is 167 cm³/mol. The van der Waals surface area contributed by atoms with E-state index in [2.05, 4.69) is 20.9 Å². The van der Waals surface area contributed by atoms with Crippen molar-refractivity contribution in [1.82, 2.24) is 25.2 Å². The number of carboxylic acid groups (broad SMARTS) is 1. The topological polar surface area (TPSA) is 150 Å². The summed E-state index contributed by atoms with van der Waals surface area (Å²) in [7, 11) is -1.77. The Hall–Kier alpha value is -2.93. The molecule has 13 heteroatoms. The summed E-state index contributed by atoms with van der Waals surface area (Å²) in [5.41, 5.74) is 1.35. The summed E-state index contributed by atoms with van der Waals surface area (Å²) in [6.07, 6.45) is 6.98. The van der Waals surface area contributed by atoms with Gasteiger partial charge >= 0.3 is 6.09 Å². The van der Waals surface area contributed by atoms with Crippen molar-refractivity contribution in [3.8, 4) is 5.88 Å². The summed E-state index contributed by atoms with van der Waals surface area (Å²) in [5, 5.41) is 19.6. The molecule has 1 aromatic carbocycles. The molecule has 2 saturated heterocycles. The lowest BCUT2D eigenvalue weighted by Gasteiger charge is -2.39. The van der Waals surface area contributed by atoms with E-state index in [0.717, 1.165) is 38.5 Å². The Labute approximate surface area is 264 Å². The lowest BCUT2D eigenvalue weighted by atomic mass is 9.80. The summed E-state index contributed by atoms with van der Waals surface area (Å²) < 4.78 is 32.8. The number of amides is 2. The number of hydrogen-bond donors (Lipinski definition) is 4. The molecule has 2 bridgehead atoms. The van der Waals surface area contributed by atoms with Crippen molar-refractivity contribution in [1.29, 1.82) is 0 Å². The van der Waals surface area contributed by atoms with Crippen LogP contribution in [0.25, 0.3) is 0 Å². The zero-order chi connectivity index (χ0) is 31.3. The number of hydrogen-bond acceptors (Lipinski definition) is 7. The Morgan fingerprint density at radius 2 is 1.84 bits per heavy atom. The van der Waals surface area contributed by atoms with Crippen molar-refractivity contribution in [2.45, 2.75) is 81.5 Å². The molecule has 3 aliphatic rings. The maximum atomic E-state index is 14.0. The van der Waals surface area contributed by atoms with Crippen LogP contribution in [0.15, 0.2) is 42.6 Å². The first-order valence-corrected chi connectivity index (χ1v) is 17.4. The van der Waals surface area contributed by atoms with E-state index >= 15 is 0 Å². The van der Waals surface area contributed by atoms with Crippen molar-refractivity contribution in [2.75, 3.05) is 26.0 Å². The van der Waals surface area contributed by atoms with E-state index < -0.39 is 34.0 Å². The standard InChI is InChI=1S/C31H42ClN5O6S/c1-43-27-15-11-22(17-34-27)28(21-8-12-23(32)13-9-21)29(36-31(39)40)30(38)35-26-7-3-2-5-20(26)10-14-25-18-33-24-6-4-16-44(41,42)37(25)19-24/h8-9,11-13,15,17,20,24-26,28-29,33,36H,2-7,10,14,16,18-19H2,1H3,(H,35,38)(H,39,40)/t20-,24-,25+,26+,28+,29+/m1/s1. The highest BCUT2D eigenvalue weighted by Gasteiger charge is 2.40. The van der Waals surface area contributed by atoms with E-state index in [9.17, 15) is 23.1 Å². The van der Waals surface area contributed by atoms with Crippen molar-refractivity contribution >= 4 is 33.6 Å². The number of rotatable bonds is 10. The van der Waals surface area contributed by atoms with Gasteiger partial charge in [-0.1, -0.05) is 42.6 Å². The Morgan fingerprint density at radius 1 is 1.09 bits per heavy atom. The fourth-order valence-corrected chi connectivity index (χ4v) is 8.98. The van der Waals surface area contributed by atoms with E-state index in [1.54, 1.807) is 46.9 Å². The van der Waals surface area contributed by atoms with Gasteiger partial charge in [0.2, 0.25) is 21.8 Å². The number of ether oxygens (including phenoxy) is 1. The molecule has 1 aliphatic carbocycles. The molecule has 5 rings (SSSR count). The molecular weight excluding hydrogens is 606 g/mol. The average molecular weight is 648 g/mol. The van der Waals surface area contributed by atoms with Crippen LogP contribution in [0.2, 0.25) is 5.02 Å². The SMILES string of the molecule is COc1ccc([C@H](c2ccc(Cl)cc2)[C@H](NC(=O)O)C(=O)N[C@H]2CCCC[C@@H]2CC[C@H]2CN[C@@H]3CCCS(=O)(=O)N2C3)cn1. The third-order valence-electron chi connectivity index (χ3n) is 9.32. The summed E-state index contributed by atoms with van der Waals surface area (Å²) in [6.45, 7) is 1.16. The molecule has 2 aromatic rings. The number of fused-ring (bicyclic) bond motifs is 2. The minimum Gasteiger partial charge on any atom is -0.481 e. The highest BCUT2D eigenvalue weighted by molar-refractivity contribution is 7.89. The molecule has 2 amide bonds. The molecule has 1 unspecified atom stereocenters. The van der Waals surface area contributed by atoms with Gasteiger partial charge < -0.3 is 25.8 Å². The number of pyridine rings is 1. The van der Waals surface area contributed by atoms with Crippen LogP contribution < -0.4 is 20.7 Å². The Kier molecular flexibility index (Phi) is 10.7. The average Bonchev–Trinajstić information content (AvgIpc) is 3.13. The highest BCUT2D eigenvalue weighted by atomic mass is 35.5. The van der Waals surface area contributed by atoms with Crippen molar-refractivity contribution < 1.29 is 27.9 Å². The molecule has 7 atom stereocenters. The number of piperazine rings is 1. The van der Waals surface area contributed by atoms with Gasteiger partial charge in [-0.05, 0) is 67.7 Å². The van der Waals surface area contributed by atoms with Crippen LogP contribution in [0, 0.1) is 5.92 Å². The molecule has 1 aromatic heterocycles. The number of aromatic nitrogens is 1. The second-order valence-electron chi connectivity index (χ2n) is 12.1. The lowest BCUT2D eigenvalue weighted by Crippen LogP contribution is -2.57. The molecule has 1 saturated carbocycles. The van der Waals surface area contributed by atoms with Gasteiger partial charge in [0.25, 0.3) is 0 Å². The summed E-state index contributed by atoms with van der Waals surface area (Å²) in [6, 6.07) is 9.24. The molecular formula is C31H42ClN5O6S. The first-order chi connectivity index (χ1) is 21.1. The first-order valence-electron chi connectivity index (χ1n) is 15.4. The van der Waals surface area contributed by atoms with Gasteiger partial charge in [-0.2, -0.15) is 4.31 Å². The van der Waals surface area contributed by atoms with Gasteiger partial charge in [0.15, 0.2) is 0 Å². The van der Waals surface area contributed by atoms with Crippen molar-refractivity contribution in [3.63, 3.8) is 0 Å². The quantitative estimate of drug-likeness (QED) is 0.305. The number of benzene rings is 1. The Balaban J connectivity index is 1.34. The molecule has 44 heavy (non-hydrogen) atoms. The number of nitrogens with zero attached hydrogens (tertiary/aromatic N) is 2. The molecule has 0 radical (unpaired) electrons. The number of carbonyl (C=O) groups is 2. The summed E-state index contributed by atoms with van der Waals surface area (Å²) >= 11 is 6.15. The Bertz CT molecular complexity index is 1390. The van der Waals surface area contributed by atoms with Gasteiger partial charge in [-0.25, -0.2) is 18.2 Å². The number of nitrogens with one attached hydrogen (secondary N) is 3. The van der Waals surface area contributed by atoms with Gasteiger partial charge in [-0.15, -0.1) is 0 Å². The normalized spacial score (nSPS) is 27.7. The van der Waals surface area contributed by atoms with E-state index in [-0.39, 0.29) is 29.8 Å². The van der Waals surface area contributed by atoms with Crippen LogP contribution in [0.1, 0.15) is 68.4 Å². The smallest absolute Gasteiger partial charge is 0.405 e. The van der Waals surface area contributed by atoms with Crippen LogP contribution >= 0.6 is 11.6 Å². The van der Waals surface area contributed by atoms with E-state index in [4.69, 9.17) is 16.3 Å². The molecule has 11 nitrogen and oxygen atoms in total. The minimum absolute atomic E-state index is 0.106. The number of methoxy groups -OCH3 is 1. The third-order valence-corrected chi connectivity index (χ3v) is 11.5. The van der Waals surface area contributed by atoms with Gasteiger partial charge in [0.1, 0.15) is 6.04 Å².